The second-order valence-electron chi connectivity index (χ2n) is 10.4. The summed E-state index contributed by atoms with van der Waals surface area (Å²) in [5, 5.41) is 15.1. The van der Waals surface area contributed by atoms with E-state index in [4.69, 9.17) is 16.2 Å². The Bertz CT molecular complexity index is 2230. The second-order valence-corrected chi connectivity index (χ2v) is 13.8. The number of thiophene rings is 1. The second kappa shape index (κ2) is 14.4. The van der Waals surface area contributed by atoms with Gasteiger partial charge in [-0.2, -0.15) is 5.26 Å². The van der Waals surface area contributed by atoms with E-state index in [2.05, 4.69) is 11.4 Å². The Morgan fingerprint density at radius 1 is 1.02 bits per heavy atom. The fourth-order valence-corrected chi connectivity index (χ4v) is 7.86. The predicted molar refractivity (Wildman–Crippen MR) is 186 cm³/mol. The highest BCUT2D eigenvalue weighted by Crippen LogP contribution is 2.45. The van der Waals surface area contributed by atoms with Gasteiger partial charge >= 0.3 is 0 Å². The zero-order chi connectivity index (χ0) is 33.9. The molecule has 4 aromatic carbocycles. The Labute approximate surface area is 289 Å². The number of aromatic nitrogens is 1. The van der Waals surface area contributed by atoms with E-state index in [0.29, 0.717) is 77.7 Å². The van der Waals surface area contributed by atoms with Gasteiger partial charge in [0.15, 0.2) is 11.0 Å². The Kier molecular flexibility index (Phi) is 10.1. The van der Waals surface area contributed by atoms with E-state index in [1.165, 1.54) is 57.8 Å². The van der Waals surface area contributed by atoms with Crippen molar-refractivity contribution in [1.82, 2.24) is 9.29 Å². The number of nitrogens with one attached hydrogen (secondary N) is 1. The van der Waals surface area contributed by atoms with Crippen LogP contribution in [0, 0.1) is 17.1 Å². The zero-order valence-electron chi connectivity index (χ0n) is 24.6. The monoisotopic (exact) mass is 721 g/mol. The maximum atomic E-state index is 14.9. The topological polar surface area (TPSA) is 95.1 Å². The van der Waals surface area contributed by atoms with E-state index in [9.17, 15) is 27.4 Å². The summed E-state index contributed by atoms with van der Waals surface area (Å²) in [4.78, 5) is 13.2. The van der Waals surface area contributed by atoms with Crippen molar-refractivity contribution < 1.29 is 26.7 Å². The van der Waals surface area contributed by atoms with Gasteiger partial charge in [-0.05, 0) is 77.6 Å². The van der Waals surface area contributed by atoms with Gasteiger partial charge in [-0.25, -0.2) is 17.4 Å². The van der Waals surface area contributed by atoms with Gasteiger partial charge in [0.1, 0.15) is 16.8 Å². The largest absolute Gasteiger partial charge is 0.351 e. The van der Waals surface area contributed by atoms with Crippen molar-refractivity contribution in [3.63, 3.8) is 0 Å². The minimum absolute atomic E-state index is 0.217. The lowest BCUT2D eigenvalue weighted by atomic mass is 9.96. The van der Waals surface area contributed by atoms with Gasteiger partial charge in [-0.3, -0.25) is 8.77 Å². The Morgan fingerprint density at radius 2 is 1.79 bits per heavy atom. The molecule has 0 fully saturated rings. The van der Waals surface area contributed by atoms with Crippen LogP contribution in [0.1, 0.15) is 27.2 Å². The molecule has 0 saturated carbocycles. The van der Waals surface area contributed by atoms with Crippen LogP contribution in [0.5, 0.6) is 0 Å². The number of amides is 1. The van der Waals surface area contributed by atoms with Gasteiger partial charge in [-0.15, -0.1) is 11.3 Å². The van der Waals surface area contributed by atoms with E-state index in [0.717, 1.165) is 0 Å². The third-order valence-corrected chi connectivity index (χ3v) is 10.5. The fourth-order valence-electron chi connectivity index (χ4n) is 5.41. The molecule has 242 valence electrons. The number of benzene rings is 4. The average Bonchev–Trinajstić information content (AvgIpc) is 3.70. The summed E-state index contributed by atoms with van der Waals surface area (Å²) in [5.41, 5.74) is 3.77. The maximum absolute atomic E-state index is 14.9. The van der Waals surface area contributed by atoms with Crippen LogP contribution in [0.2, 0.25) is 5.02 Å². The van der Waals surface area contributed by atoms with E-state index in [-0.39, 0.29) is 22.9 Å². The van der Waals surface area contributed by atoms with E-state index < -0.39 is 23.2 Å². The third-order valence-electron chi connectivity index (χ3n) is 7.58. The van der Waals surface area contributed by atoms with Crippen LogP contribution >= 0.6 is 35.0 Å². The van der Waals surface area contributed by atoms with Crippen LogP contribution in [-0.2, 0) is 11.0 Å². The molecule has 1 atom stereocenters. The molecule has 0 aliphatic carbocycles. The minimum atomic E-state index is -2.70. The van der Waals surface area contributed by atoms with Gasteiger partial charge in [0.05, 0.1) is 16.1 Å². The molecule has 2 N–H and O–H groups in total. The van der Waals surface area contributed by atoms with Gasteiger partial charge in [-0.1, -0.05) is 48.0 Å². The number of hydrogen-bond donors (Lipinski definition) is 2. The van der Waals surface area contributed by atoms with Crippen LogP contribution in [0.25, 0.3) is 44.4 Å². The molecule has 2 heterocycles. The highest BCUT2D eigenvalue weighted by Gasteiger charge is 2.27. The van der Waals surface area contributed by atoms with Crippen molar-refractivity contribution >= 4 is 62.8 Å². The highest BCUT2D eigenvalue weighted by molar-refractivity contribution is 7.93. The molecule has 0 bridgehead atoms. The number of nitriles is 1. The van der Waals surface area contributed by atoms with Gasteiger partial charge < -0.3 is 9.87 Å². The van der Waals surface area contributed by atoms with Crippen LogP contribution in [0.3, 0.4) is 0 Å². The van der Waals surface area contributed by atoms with Crippen molar-refractivity contribution in [2.24, 2.45) is 0 Å². The summed E-state index contributed by atoms with van der Waals surface area (Å²) < 4.78 is 66.4. The first-order valence-electron chi connectivity index (χ1n) is 14.3. The molecule has 1 amide bonds. The van der Waals surface area contributed by atoms with Crippen molar-refractivity contribution in [3.05, 3.63) is 123 Å². The molecule has 0 radical (unpaired) electrons. The number of fused-ring (bicyclic) bond motifs is 1. The molecular formula is C35H23ClF3N3O3S3. The van der Waals surface area contributed by atoms with Crippen molar-refractivity contribution in [3.8, 4) is 39.6 Å². The lowest BCUT2D eigenvalue weighted by Gasteiger charge is -2.14. The quantitative estimate of drug-likeness (QED) is 0.109. The van der Waals surface area contributed by atoms with Crippen LogP contribution in [0.15, 0.2) is 101 Å². The first-order valence-corrected chi connectivity index (χ1v) is 17.6. The molecule has 2 aromatic heterocycles. The maximum Gasteiger partial charge on any atom is 0.263 e. The third kappa shape index (κ3) is 6.52. The number of nitrogens with zero attached hydrogens (tertiary/aromatic N) is 2. The van der Waals surface area contributed by atoms with Gasteiger partial charge in [0.25, 0.3) is 12.3 Å². The first-order chi connectivity index (χ1) is 23.2. The molecular weight excluding hydrogens is 699 g/mol. The molecule has 6 aromatic rings. The number of hydrogen-bond acceptors (Lipinski definition) is 6. The molecule has 6 rings (SSSR count). The summed E-state index contributed by atoms with van der Waals surface area (Å²) in [6, 6.07) is 25.3. The summed E-state index contributed by atoms with van der Waals surface area (Å²) in [7, 11) is -2.00. The van der Waals surface area contributed by atoms with Crippen LogP contribution < -0.4 is 5.32 Å². The Balaban J connectivity index is 1.56. The molecule has 6 nitrogen and oxygen atoms in total. The van der Waals surface area contributed by atoms with Crippen molar-refractivity contribution in [2.75, 3.05) is 12.3 Å². The summed E-state index contributed by atoms with van der Waals surface area (Å²) >= 11 is 8.53. The summed E-state index contributed by atoms with van der Waals surface area (Å²) in [6.07, 6.45) is -2.70. The van der Waals surface area contributed by atoms with Gasteiger partial charge in [0, 0.05) is 56.1 Å². The van der Waals surface area contributed by atoms with Crippen LogP contribution in [0.4, 0.5) is 13.2 Å². The molecule has 0 aliphatic heterocycles. The standard InChI is InChI=1S/C35H23ClF3N3O3S3/c36-29-17-23(35(43)41-13-15-47-44)6-10-26(29)21-2-1-3-22(16-21)33-32(27-12-14-46-31(27)19-40)28-18-24(37)7-11-30(28)42(33)48(45)25-8-4-20(5-9-25)34(38)39/h1-12,14,16-18,34,44H,13,15H2,(H,41,43). The predicted octanol–water partition coefficient (Wildman–Crippen LogP) is 9.81. The number of halogens is 4. The first kappa shape index (κ1) is 33.5. The molecule has 13 heteroatoms. The van der Waals surface area contributed by atoms with Crippen molar-refractivity contribution in [1.29, 1.82) is 5.26 Å². The number of rotatable bonds is 10. The molecule has 48 heavy (non-hydrogen) atoms. The lowest BCUT2D eigenvalue weighted by molar-refractivity contribution is 0.0956. The smallest absolute Gasteiger partial charge is 0.263 e. The minimum Gasteiger partial charge on any atom is -0.351 e. The van der Waals surface area contributed by atoms with E-state index >= 15 is 0 Å². The normalized spacial score (nSPS) is 11.9. The molecule has 0 aliphatic rings. The lowest BCUT2D eigenvalue weighted by Crippen LogP contribution is -2.25. The van der Waals surface area contributed by atoms with Crippen LogP contribution in [-0.4, -0.2) is 30.9 Å². The number of alkyl halides is 2. The SMILES string of the molecule is N#Cc1sccc1-c1c(-c2cccc(-c3ccc(C(=O)NCCSO)cc3Cl)c2)n(S(=O)c2ccc(C(F)F)cc2)c2ccc(F)cc12. The summed E-state index contributed by atoms with van der Waals surface area (Å²) in [5.74, 6) is -0.545. The number of carbonyl (C=O) groups excluding carboxylic acids is 1. The zero-order valence-corrected chi connectivity index (χ0v) is 27.8. The Morgan fingerprint density at radius 3 is 2.50 bits per heavy atom. The average molecular weight is 722 g/mol. The van der Waals surface area contributed by atoms with Gasteiger partial charge in [0.2, 0.25) is 0 Å². The molecule has 1 unspecified atom stereocenters. The van der Waals surface area contributed by atoms with E-state index in [1.54, 1.807) is 41.8 Å². The number of carbonyl (C=O) groups is 1. The fraction of sp³-hybridized carbons (Fsp3) is 0.0857. The van der Waals surface area contributed by atoms with Crippen molar-refractivity contribution in [2.45, 2.75) is 11.3 Å². The Hall–Kier alpha value is -4.38. The summed E-state index contributed by atoms with van der Waals surface area (Å²) in [6.45, 7) is 0.275. The molecule has 0 saturated heterocycles. The highest BCUT2D eigenvalue weighted by atomic mass is 35.5. The van der Waals surface area contributed by atoms with E-state index in [1.807, 2.05) is 12.1 Å². The molecule has 0 spiro atoms.